The van der Waals surface area contributed by atoms with E-state index in [9.17, 15) is 0 Å². The minimum atomic E-state index is 0.232. The second-order valence-electron chi connectivity index (χ2n) is 5.65. The van der Waals surface area contributed by atoms with Crippen LogP contribution in [0.15, 0.2) is 24.5 Å². The molecular formula is C15H24N2O. The minimum absolute atomic E-state index is 0.232. The molecule has 0 amide bonds. The van der Waals surface area contributed by atoms with E-state index in [1.54, 1.807) is 0 Å². The van der Waals surface area contributed by atoms with E-state index < -0.39 is 0 Å². The summed E-state index contributed by atoms with van der Waals surface area (Å²) >= 11 is 0. The van der Waals surface area contributed by atoms with Gasteiger partial charge in [-0.15, -0.1) is 0 Å². The van der Waals surface area contributed by atoms with E-state index in [1.165, 1.54) is 5.56 Å². The van der Waals surface area contributed by atoms with E-state index in [2.05, 4.69) is 36.3 Å². The molecule has 0 aromatic carbocycles. The number of hydrogen-bond acceptors (Lipinski definition) is 3. The van der Waals surface area contributed by atoms with Crippen LogP contribution in [0.4, 0.5) is 0 Å². The van der Waals surface area contributed by atoms with Gasteiger partial charge in [0, 0.05) is 37.6 Å². The average molecular weight is 248 g/mol. The maximum Gasteiger partial charge on any atom is 0.0475 e. The molecule has 2 heterocycles. The molecule has 1 aromatic heterocycles. The van der Waals surface area contributed by atoms with Gasteiger partial charge in [0.2, 0.25) is 0 Å². The van der Waals surface area contributed by atoms with E-state index in [4.69, 9.17) is 4.74 Å². The third kappa shape index (κ3) is 3.30. The van der Waals surface area contributed by atoms with Gasteiger partial charge >= 0.3 is 0 Å². The average Bonchev–Trinajstić information content (AvgIpc) is 2.40. The first-order chi connectivity index (χ1) is 8.73. The molecule has 18 heavy (non-hydrogen) atoms. The fraction of sp³-hybridized carbons (Fsp3) is 0.667. The molecule has 0 aliphatic carbocycles. The van der Waals surface area contributed by atoms with Gasteiger partial charge in [0.25, 0.3) is 0 Å². The number of nitrogens with zero attached hydrogens (tertiary/aromatic N) is 1. The van der Waals surface area contributed by atoms with Gasteiger partial charge in [-0.25, -0.2) is 0 Å². The van der Waals surface area contributed by atoms with Gasteiger partial charge < -0.3 is 10.1 Å². The Labute approximate surface area is 110 Å². The molecule has 1 N–H and O–H groups in total. The molecule has 0 saturated carbocycles. The molecule has 3 heteroatoms. The summed E-state index contributed by atoms with van der Waals surface area (Å²) in [5.74, 6) is 0.694. The fourth-order valence-corrected chi connectivity index (χ4v) is 2.64. The first-order valence-corrected chi connectivity index (χ1v) is 6.92. The molecule has 0 radical (unpaired) electrons. The van der Waals surface area contributed by atoms with Gasteiger partial charge in [0.15, 0.2) is 0 Å². The van der Waals surface area contributed by atoms with Gasteiger partial charge in [-0.1, -0.05) is 13.8 Å². The third-order valence-electron chi connectivity index (χ3n) is 3.76. The lowest BCUT2D eigenvalue weighted by Crippen LogP contribution is -2.43. The molecule has 3 nitrogen and oxygen atoms in total. The summed E-state index contributed by atoms with van der Waals surface area (Å²) in [6.45, 7) is 8.34. The van der Waals surface area contributed by atoms with Crippen LogP contribution in [-0.4, -0.2) is 31.3 Å². The van der Waals surface area contributed by atoms with E-state index in [1.807, 2.05) is 12.4 Å². The zero-order chi connectivity index (χ0) is 12.8. The Morgan fingerprint density at radius 3 is 2.56 bits per heavy atom. The number of hydrogen-bond donors (Lipinski definition) is 1. The minimum Gasteiger partial charge on any atom is -0.381 e. The monoisotopic (exact) mass is 248 g/mol. The number of pyridine rings is 1. The lowest BCUT2D eigenvalue weighted by Gasteiger charge is -2.38. The van der Waals surface area contributed by atoms with Gasteiger partial charge in [-0.05, 0) is 43.0 Å². The van der Waals surface area contributed by atoms with Crippen LogP contribution >= 0.6 is 0 Å². The summed E-state index contributed by atoms with van der Waals surface area (Å²) in [5.41, 5.74) is 1.63. The van der Waals surface area contributed by atoms with Crippen molar-refractivity contribution in [3.63, 3.8) is 0 Å². The van der Waals surface area contributed by atoms with Crippen LogP contribution in [0.5, 0.6) is 0 Å². The molecular weight excluding hydrogens is 224 g/mol. The summed E-state index contributed by atoms with van der Waals surface area (Å²) in [7, 11) is 0. The van der Waals surface area contributed by atoms with Crippen molar-refractivity contribution in [1.82, 2.24) is 10.3 Å². The van der Waals surface area contributed by atoms with Crippen molar-refractivity contribution in [2.24, 2.45) is 5.92 Å². The van der Waals surface area contributed by atoms with Crippen LogP contribution in [0.2, 0.25) is 0 Å². The van der Waals surface area contributed by atoms with Crippen molar-refractivity contribution < 1.29 is 4.74 Å². The SMILES string of the molecule is CC(C)CNCC1(c2ccncc2)CCOCC1. The Morgan fingerprint density at radius 2 is 1.94 bits per heavy atom. The molecule has 0 atom stereocenters. The predicted octanol–water partition coefficient (Wildman–Crippen LogP) is 2.38. The maximum absolute atomic E-state index is 5.53. The highest BCUT2D eigenvalue weighted by Crippen LogP contribution is 2.33. The first-order valence-electron chi connectivity index (χ1n) is 6.92. The molecule has 1 aliphatic heterocycles. The number of nitrogens with one attached hydrogen (secondary N) is 1. The second kappa shape index (κ2) is 6.30. The standard InChI is InChI=1S/C15H24N2O/c1-13(2)11-17-12-15(5-9-18-10-6-15)14-3-7-16-8-4-14/h3-4,7-8,13,17H,5-6,9-12H2,1-2H3. The molecule has 100 valence electrons. The Bertz CT molecular complexity index is 345. The molecule has 0 spiro atoms. The lowest BCUT2D eigenvalue weighted by molar-refractivity contribution is 0.0497. The largest absolute Gasteiger partial charge is 0.381 e. The van der Waals surface area contributed by atoms with Crippen molar-refractivity contribution in [1.29, 1.82) is 0 Å². The van der Waals surface area contributed by atoms with Gasteiger partial charge in [0.1, 0.15) is 0 Å². The Hall–Kier alpha value is -0.930. The summed E-state index contributed by atoms with van der Waals surface area (Å²) in [5, 5.41) is 3.62. The van der Waals surface area contributed by atoms with Crippen LogP contribution in [0.3, 0.4) is 0 Å². The molecule has 1 saturated heterocycles. The van der Waals surface area contributed by atoms with E-state index in [-0.39, 0.29) is 5.41 Å². The van der Waals surface area contributed by atoms with Crippen LogP contribution in [-0.2, 0) is 10.2 Å². The third-order valence-corrected chi connectivity index (χ3v) is 3.76. The smallest absolute Gasteiger partial charge is 0.0475 e. The highest BCUT2D eigenvalue weighted by molar-refractivity contribution is 5.24. The molecule has 0 bridgehead atoms. The zero-order valence-electron chi connectivity index (χ0n) is 11.5. The fourth-order valence-electron chi connectivity index (χ4n) is 2.64. The highest BCUT2D eigenvalue weighted by atomic mass is 16.5. The van der Waals surface area contributed by atoms with Crippen molar-refractivity contribution in [3.8, 4) is 0 Å². The van der Waals surface area contributed by atoms with Gasteiger partial charge in [0.05, 0.1) is 0 Å². The Kier molecular flexibility index (Phi) is 4.72. The molecule has 1 aliphatic rings. The predicted molar refractivity (Wildman–Crippen MR) is 73.7 cm³/mol. The van der Waals surface area contributed by atoms with Crippen molar-refractivity contribution in [2.75, 3.05) is 26.3 Å². The van der Waals surface area contributed by atoms with Crippen LogP contribution in [0.25, 0.3) is 0 Å². The lowest BCUT2D eigenvalue weighted by atomic mass is 9.74. The topological polar surface area (TPSA) is 34.2 Å². The van der Waals surface area contributed by atoms with E-state index in [0.29, 0.717) is 5.92 Å². The summed E-state index contributed by atoms with van der Waals surface area (Å²) in [6, 6.07) is 4.31. The molecule has 0 unspecified atom stereocenters. The molecule has 1 fully saturated rings. The second-order valence-corrected chi connectivity index (χ2v) is 5.65. The highest BCUT2D eigenvalue weighted by Gasteiger charge is 2.33. The van der Waals surface area contributed by atoms with Gasteiger partial charge in [-0.2, -0.15) is 0 Å². The number of aromatic nitrogens is 1. The quantitative estimate of drug-likeness (QED) is 0.868. The number of rotatable bonds is 5. The van der Waals surface area contributed by atoms with Crippen molar-refractivity contribution >= 4 is 0 Å². The molecule has 2 rings (SSSR count). The van der Waals surface area contributed by atoms with E-state index >= 15 is 0 Å². The zero-order valence-corrected chi connectivity index (χ0v) is 11.5. The Balaban J connectivity index is 2.08. The summed E-state index contributed by atoms with van der Waals surface area (Å²) < 4.78 is 5.53. The summed E-state index contributed by atoms with van der Waals surface area (Å²) in [4.78, 5) is 4.13. The summed E-state index contributed by atoms with van der Waals surface area (Å²) in [6.07, 6.45) is 5.99. The van der Waals surface area contributed by atoms with Crippen molar-refractivity contribution in [3.05, 3.63) is 30.1 Å². The number of ether oxygens (including phenoxy) is 1. The van der Waals surface area contributed by atoms with Crippen molar-refractivity contribution in [2.45, 2.75) is 32.1 Å². The van der Waals surface area contributed by atoms with Gasteiger partial charge in [-0.3, -0.25) is 4.98 Å². The molecule has 1 aromatic rings. The van der Waals surface area contributed by atoms with Crippen LogP contribution < -0.4 is 5.32 Å². The normalized spacial score (nSPS) is 19.1. The van der Waals surface area contributed by atoms with Crippen LogP contribution in [0.1, 0.15) is 32.3 Å². The maximum atomic E-state index is 5.53. The first kappa shape index (κ1) is 13.5. The Morgan fingerprint density at radius 1 is 1.28 bits per heavy atom. The van der Waals surface area contributed by atoms with Crippen LogP contribution in [0, 0.1) is 5.92 Å². The van der Waals surface area contributed by atoms with E-state index in [0.717, 1.165) is 39.1 Å².